The van der Waals surface area contributed by atoms with Crippen LogP contribution in [0.2, 0.25) is 0 Å². The first-order valence-corrected chi connectivity index (χ1v) is 2.72. The summed E-state index contributed by atoms with van der Waals surface area (Å²) in [6.07, 6.45) is 5.22. The van der Waals surface area contributed by atoms with Crippen molar-refractivity contribution in [3.05, 3.63) is 24.6 Å². The number of rotatable bonds is 1. The second kappa shape index (κ2) is 10.8. The molecule has 0 bridgehead atoms. The number of halogens is 1. The molecule has 0 atom stereocenters. The zero-order chi connectivity index (χ0) is 8.41. The van der Waals surface area contributed by atoms with Crippen molar-refractivity contribution in [3.8, 4) is 0 Å². The fourth-order valence-corrected chi connectivity index (χ4v) is 0.153. The molecule has 2 nitrogen and oxygen atoms in total. The Morgan fingerprint density at radius 1 is 1.50 bits per heavy atom. The van der Waals surface area contributed by atoms with E-state index in [4.69, 9.17) is 9.90 Å². The van der Waals surface area contributed by atoms with E-state index in [0.717, 1.165) is 6.92 Å². The van der Waals surface area contributed by atoms with Crippen LogP contribution in [0.3, 0.4) is 0 Å². The Hall–Kier alpha value is -1.12. The Bertz CT molecular complexity index is 114. The van der Waals surface area contributed by atoms with Crippen molar-refractivity contribution in [2.24, 2.45) is 0 Å². The van der Waals surface area contributed by atoms with Crippen LogP contribution < -0.4 is 0 Å². The van der Waals surface area contributed by atoms with Crippen LogP contribution in [-0.2, 0) is 4.79 Å². The molecule has 58 valence electrons. The summed E-state index contributed by atoms with van der Waals surface area (Å²) in [5.74, 6) is -0.833. The fourth-order valence-electron chi connectivity index (χ4n) is 0.153. The van der Waals surface area contributed by atoms with E-state index in [1.807, 2.05) is 6.92 Å². The summed E-state index contributed by atoms with van der Waals surface area (Å²) in [4.78, 5) is 9.00. The van der Waals surface area contributed by atoms with Gasteiger partial charge in [-0.1, -0.05) is 12.2 Å². The first-order valence-electron chi connectivity index (χ1n) is 2.72. The van der Waals surface area contributed by atoms with E-state index in [2.05, 4.69) is 0 Å². The lowest BCUT2D eigenvalue weighted by Crippen LogP contribution is -1.78. The number of aliphatic carboxylic acids is 1. The fraction of sp³-hybridized carbons (Fsp3) is 0.286. The van der Waals surface area contributed by atoms with Crippen LogP contribution in [-0.4, -0.2) is 11.1 Å². The lowest BCUT2D eigenvalue weighted by Gasteiger charge is -1.60. The molecule has 0 fully saturated rings. The second-order valence-electron chi connectivity index (χ2n) is 1.36. The summed E-state index contributed by atoms with van der Waals surface area (Å²) in [7, 11) is 0. The number of allylic oxidation sites excluding steroid dienone is 3. The predicted molar refractivity (Wildman–Crippen MR) is 38.4 cm³/mol. The van der Waals surface area contributed by atoms with Crippen molar-refractivity contribution in [2.75, 3.05) is 0 Å². The molecular weight excluding hydrogens is 135 g/mol. The van der Waals surface area contributed by atoms with E-state index in [1.165, 1.54) is 6.08 Å². The number of carboxylic acids is 1. The Labute approximate surface area is 59.7 Å². The van der Waals surface area contributed by atoms with Gasteiger partial charge in [-0.05, 0) is 13.0 Å². The van der Waals surface area contributed by atoms with Crippen LogP contribution in [0.15, 0.2) is 24.6 Å². The van der Waals surface area contributed by atoms with Crippen LogP contribution in [0.5, 0.6) is 0 Å². The van der Waals surface area contributed by atoms with Crippen molar-refractivity contribution in [1.82, 2.24) is 0 Å². The average molecular weight is 146 g/mol. The largest absolute Gasteiger partial charge is 0.481 e. The van der Waals surface area contributed by atoms with Gasteiger partial charge in [0, 0.05) is 6.92 Å². The van der Waals surface area contributed by atoms with Gasteiger partial charge >= 0.3 is 0 Å². The topological polar surface area (TPSA) is 37.3 Å². The minimum absolute atomic E-state index is 0.500. The van der Waals surface area contributed by atoms with E-state index < -0.39 is 5.97 Å². The third-order valence-electron chi connectivity index (χ3n) is 0.376. The highest BCUT2D eigenvalue weighted by atomic mass is 19.1. The van der Waals surface area contributed by atoms with Crippen LogP contribution in [0.25, 0.3) is 0 Å². The van der Waals surface area contributed by atoms with Gasteiger partial charge in [-0.2, -0.15) is 0 Å². The Kier molecular flexibility index (Phi) is 12.6. The van der Waals surface area contributed by atoms with Gasteiger partial charge in [0.2, 0.25) is 0 Å². The molecule has 10 heavy (non-hydrogen) atoms. The first kappa shape index (κ1) is 11.6. The zero-order valence-corrected chi connectivity index (χ0v) is 6.04. The molecule has 0 saturated heterocycles. The summed E-state index contributed by atoms with van der Waals surface area (Å²) in [6, 6.07) is 0. The van der Waals surface area contributed by atoms with E-state index >= 15 is 0 Å². The molecule has 0 spiro atoms. The van der Waals surface area contributed by atoms with Crippen molar-refractivity contribution in [3.63, 3.8) is 0 Å². The van der Waals surface area contributed by atoms with Crippen molar-refractivity contribution >= 4 is 5.97 Å². The summed E-state index contributed by atoms with van der Waals surface area (Å²) >= 11 is 0. The Morgan fingerprint density at radius 2 is 1.90 bits per heavy atom. The molecule has 0 radical (unpaired) electrons. The highest BCUT2D eigenvalue weighted by Gasteiger charge is 1.65. The minimum Gasteiger partial charge on any atom is -0.481 e. The van der Waals surface area contributed by atoms with Gasteiger partial charge in [0.25, 0.3) is 5.97 Å². The van der Waals surface area contributed by atoms with E-state index in [0.29, 0.717) is 6.33 Å². The molecule has 0 aliphatic heterocycles. The summed E-state index contributed by atoms with van der Waals surface area (Å²) in [5, 5.41) is 7.42. The standard InChI is InChI=1S/C5H7F.C2H4O2/c1-2-3-4-5-6;1-2(3)4/h2-5H,1H3;1H3,(H,3,4). The van der Waals surface area contributed by atoms with Gasteiger partial charge in [-0.25, -0.2) is 4.39 Å². The molecule has 0 unspecified atom stereocenters. The quantitative estimate of drug-likeness (QED) is 0.575. The molecule has 1 N–H and O–H groups in total. The average Bonchev–Trinajstić information content (AvgIpc) is 1.82. The number of hydrogen-bond donors (Lipinski definition) is 1. The van der Waals surface area contributed by atoms with E-state index in [9.17, 15) is 4.39 Å². The molecule has 0 aliphatic rings. The summed E-state index contributed by atoms with van der Waals surface area (Å²) in [5.41, 5.74) is 0. The highest BCUT2D eigenvalue weighted by Crippen LogP contribution is 1.73. The first-order chi connectivity index (χ1) is 4.65. The highest BCUT2D eigenvalue weighted by molar-refractivity contribution is 5.62. The molecule has 0 rings (SSSR count). The normalized spacial score (nSPS) is 9.50. The van der Waals surface area contributed by atoms with Crippen LogP contribution >= 0.6 is 0 Å². The van der Waals surface area contributed by atoms with Gasteiger partial charge < -0.3 is 5.11 Å². The number of hydrogen-bond acceptors (Lipinski definition) is 1. The van der Waals surface area contributed by atoms with Crippen molar-refractivity contribution in [1.29, 1.82) is 0 Å². The third-order valence-corrected chi connectivity index (χ3v) is 0.376. The molecule has 0 aromatic carbocycles. The van der Waals surface area contributed by atoms with Crippen LogP contribution in [0.4, 0.5) is 4.39 Å². The summed E-state index contributed by atoms with van der Waals surface area (Å²) in [6.45, 7) is 2.92. The van der Waals surface area contributed by atoms with Crippen molar-refractivity contribution < 1.29 is 14.3 Å². The second-order valence-corrected chi connectivity index (χ2v) is 1.36. The smallest absolute Gasteiger partial charge is 0.300 e. The van der Waals surface area contributed by atoms with Gasteiger partial charge in [-0.15, -0.1) is 0 Å². The number of carboxylic acid groups (broad SMARTS) is 1. The molecule has 0 amide bonds. The molecular formula is C7H11FO2. The van der Waals surface area contributed by atoms with Crippen LogP contribution in [0.1, 0.15) is 13.8 Å². The third kappa shape index (κ3) is 67.3. The maximum absolute atomic E-state index is 10.9. The zero-order valence-electron chi connectivity index (χ0n) is 6.04. The molecule has 0 aromatic heterocycles. The van der Waals surface area contributed by atoms with Gasteiger partial charge in [0.1, 0.15) is 0 Å². The molecule has 0 heterocycles. The molecule has 3 heteroatoms. The lowest BCUT2D eigenvalue weighted by molar-refractivity contribution is -0.134. The van der Waals surface area contributed by atoms with Gasteiger partial charge in [0.05, 0.1) is 6.33 Å². The predicted octanol–water partition coefficient (Wildman–Crippen LogP) is 2.14. The molecule has 0 aliphatic carbocycles. The summed E-state index contributed by atoms with van der Waals surface area (Å²) < 4.78 is 10.9. The minimum atomic E-state index is -0.833. The molecule has 0 saturated carbocycles. The Balaban J connectivity index is 0. The van der Waals surface area contributed by atoms with Gasteiger partial charge in [-0.3, -0.25) is 4.79 Å². The SMILES string of the molecule is CC(=O)O.CC=CC=CF. The maximum atomic E-state index is 10.9. The monoisotopic (exact) mass is 146 g/mol. The van der Waals surface area contributed by atoms with Crippen molar-refractivity contribution in [2.45, 2.75) is 13.8 Å². The van der Waals surface area contributed by atoms with E-state index in [-0.39, 0.29) is 0 Å². The Morgan fingerprint density at radius 3 is 2.00 bits per heavy atom. The maximum Gasteiger partial charge on any atom is 0.300 e. The lowest BCUT2D eigenvalue weighted by atomic mass is 10.5. The number of carbonyl (C=O) groups is 1. The van der Waals surface area contributed by atoms with Gasteiger partial charge in [0.15, 0.2) is 0 Å². The van der Waals surface area contributed by atoms with Crippen LogP contribution in [0, 0.1) is 0 Å². The van der Waals surface area contributed by atoms with E-state index in [1.54, 1.807) is 12.2 Å². The molecule has 0 aromatic rings.